The Morgan fingerprint density at radius 2 is 1.94 bits per heavy atom. The molecule has 0 aliphatic carbocycles. The number of methoxy groups -OCH3 is 2. The number of carbonyl (C=O) groups excluding carboxylic acids is 1. The van der Waals surface area contributed by atoms with Gasteiger partial charge in [0.15, 0.2) is 0 Å². The lowest BCUT2D eigenvalue weighted by Gasteiger charge is -2.33. The van der Waals surface area contributed by atoms with E-state index in [-0.39, 0.29) is 17.4 Å². The average molecular weight is 463 g/mol. The molecule has 1 aliphatic rings. The molecule has 0 spiro atoms. The maximum Gasteiger partial charge on any atom is 0.269 e. The van der Waals surface area contributed by atoms with Crippen molar-refractivity contribution < 1.29 is 14.3 Å². The molecule has 1 N–H and O–H groups in total. The van der Waals surface area contributed by atoms with Gasteiger partial charge in [-0.1, -0.05) is 30.3 Å². The molecule has 178 valence electrons. The van der Waals surface area contributed by atoms with Crippen molar-refractivity contribution >= 4 is 11.6 Å². The van der Waals surface area contributed by atoms with Gasteiger partial charge in [0.25, 0.3) is 5.56 Å². The normalized spacial score (nSPS) is 15.6. The van der Waals surface area contributed by atoms with Crippen LogP contribution in [0, 0.1) is 5.92 Å². The molecule has 0 bridgehead atoms. The molecule has 0 radical (unpaired) electrons. The van der Waals surface area contributed by atoms with Crippen LogP contribution in [0.3, 0.4) is 0 Å². The standard InChI is InChI=1S/C26H30N4O4/c1-33-23-10-11-24(34-2)21(13-23)15-27-26(32)20-9-6-12-29(18-20)22-14-25(31)30(28-16-22)17-19-7-4-3-5-8-19/h3-5,7-8,10-11,13-14,16,20H,6,9,12,15,17-18H2,1-2H3,(H,27,32)/t20-/m1/s1. The number of piperidine rings is 1. The number of nitrogens with one attached hydrogen (secondary N) is 1. The van der Waals surface area contributed by atoms with E-state index >= 15 is 0 Å². The van der Waals surface area contributed by atoms with E-state index in [4.69, 9.17) is 9.47 Å². The van der Waals surface area contributed by atoms with Crippen LogP contribution in [0.15, 0.2) is 65.6 Å². The minimum absolute atomic E-state index is 0.0139. The molecule has 4 rings (SSSR count). The number of nitrogens with zero attached hydrogens (tertiary/aromatic N) is 3. The second kappa shape index (κ2) is 10.9. The number of ether oxygens (including phenoxy) is 2. The van der Waals surface area contributed by atoms with Gasteiger partial charge in [0.05, 0.1) is 38.6 Å². The van der Waals surface area contributed by atoms with Gasteiger partial charge in [0.2, 0.25) is 5.91 Å². The van der Waals surface area contributed by atoms with E-state index in [1.807, 2.05) is 48.5 Å². The number of amides is 1. The third kappa shape index (κ3) is 5.57. The largest absolute Gasteiger partial charge is 0.497 e. The predicted molar refractivity (Wildman–Crippen MR) is 130 cm³/mol. The number of hydrogen-bond donors (Lipinski definition) is 1. The first-order chi connectivity index (χ1) is 16.6. The van der Waals surface area contributed by atoms with Crippen molar-refractivity contribution in [3.8, 4) is 11.5 Å². The first-order valence-corrected chi connectivity index (χ1v) is 11.4. The first-order valence-electron chi connectivity index (χ1n) is 11.4. The van der Waals surface area contributed by atoms with Crippen LogP contribution in [0.25, 0.3) is 0 Å². The summed E-state index contributed by atoms with van der Waals surface area (Å²) < 4.78 is 12.1. The summed E-state index contributed by atoms with van der Waals surface area (Å²) in [6, 6.07) is 16.9. The van der Waals surface area contributed by atoms with Gasteiger partial charge >= 0.3 is 0 Å². The minimum atomic E-state index is -0.169. The molecular formula is C26H30N4O4. The van der Waals surface area contributed by atoms with Gasteiger partial charge in [-0.25, -0.2) is 4.68 Å². The lowest BCUT2D eigenvalue weighted by atomic mass is 9.96. The average Bonchev–Trinajstić information content (AvgIpc) is 2.89. The molecule has 1 amide bonds. The Bertz CT molecular complexity index is 1180. The third-order valence-corrected chi connectivity index (χ3v) is 6.13. The molecular weight excluding hydrogens is 432 g/mol. The second-order valence-corrected chi connectivity index (χ2v) is 8.38. The molecule has 2 aromatic carbocycles. The molecule has 1 aromatic heterocycles. The third-order valence-electron chi connectivity index (χ3n) is 6.13. The highest BCUT2D eigenvalue weighted by Crippen LogP contribution is 2.25. The van der Waals surface area contributed by atoms with Crippen molar-refractivity contribution in [1.29, 1.82) is 0 Å². The van der Waals surface area contributed by atoms with Crippen molar-refractivity contribution in [2.75, 3.05) is 32.2 Å². The van der Waals surface area contributed by atoms with Gasteiger partial charge in [-0.05, 0) is 36.6 Å². The van der Waals surface area contributed by atoms with E-state index in [1.54, 1.807) is 26.5 Å². The quantitative estimate of drug-likeness (QED) is 0.554. The number of aromatic nitrogens is 2. The zero-order valence-electron chi connectivity index (χ0n) is 19.6. The molecule has 1 fully saturated rings. The molecule has 2 heterocycles. The molecule has 8 heteroatoms. The Balaban J connectivity index is 1.39. The summed E-state index contributed by atoms with van der Waals surface area (Å²) in [5.74, 6) is 1.23. The van der Waals surface area contributed by atoms with Crippen LogP contribution in [0.4, 0.5) is 5.69 Å². The maximum absolute atomic E-state index is 12.9. The van der Waals surface area contributed by atoms with Gasteiger partial charge < -0.3 is 19.7 Å². The van der Waals surface area contributed by atoms with Crippen molar-refractivity contribution in [1.82, 2.24) is 15.1 Å². The zero-order valence-corrected chi connectivity index (χ0v) is 19.6. The number of benzene rings is 2. The molecule has 3 aromatic rings. The predicted octanol–water partition coefficient (Wildman–Crippen LogP) is 2.84. The molecule has 8 nitrogen and oxygen atoms in total. The van der Waals surface area contributed by atoms with Gasteiger partial charge in [0.1, 0.15) is 11.5 Å². The topological polar surface area (TPSA) is 85.7 Å². The summed E-state index contributed by atoms with van der Waals surface area (Å²) in [4.78, 5) is 27.7. The van der Waals surface area contributed by atoms with Crippen LogP contribution < -0.4 is 25.2 Å². The fourth-order valence-corrected chi connectivity index (χ4v) is 4.24. The summed E-state index contributed by atoms with van der Waals surface area (Å²) in [7, 11) is 3.21. The summed E-state index contributed by atoms with van der Waals surface area (Å²) in [5.41, 5.74) is 2.47. The molecule has 1 atom stereocenters. The number of carbonyl (C=O) groups is 1. The van der Waals surface area contributed by atoms with Crippen molar-refractivity contribution in [2.45, 2.75) is 25.9 Å². The van der Waals surface area contributed by atoms with Crippen LogP contribution in [-0.2, 0) is 17.9 Å². The van der Waals surface area contributed by atoms with E-state index in [1.165, 1.54) is 4.68 Å². The summed E-state index contributed by atoms with van der Waals surface area (Å²) in [5, 5.41) is 7.40. The Morgan fingerprint density at radius 1 is 1.12 bits per heavy atom. The zero-order chi connectivity index (χ0) is 23.9. The summed E-state index contributed by atoms with van der Waals surface area (Å²) >= 11 is 0. The van der Waals surface area contributed by atoms with E-state index in [0.717, 1.165) is 36.2 Å². The number of anilines is 1. The molecule has 1 saturated heterocycles. The highest BCUT2D eigenvalue weighted by atomic mass is 16.5. The van der Waals surface area contributed by atoms with Crippen LogP contribution >= 0.6 is 0 Å². The minimum Gasteiger partial charge on any atom is -0.497 e. The first kappa shape index (κ1) is 23.4. The molecule has 1 aliphatic heterocycles. The molecule has 34 heavy (non-hydrogen) atoms. The van der Waals surface area contributed by atoms with E-state index < -0.39 is 0 Å². The SMILES string of the molecule is COc1ccc(OC)c(CNC(=O)[C@@H]2CCCN(c3cnn(Cc4ccccc4)c(=O)c3)C2)c1. The Hall–Kier alpha value is -3.81. The second-order valence-electron chi connectivity index (χ2n) is 8.38. The Labute approximate surface area is 199 Å². The molecule has 0 unspecified atom stereocenters. The highest BCUT2D eigenvalue weighted by molar-refractivity contribution is 5.79. The van der Waals surface area contributed by atoms with Gasteiger partial charge in [-0.15, -0.1) is 0 Å². The lowest BCUT2D eigenvalue weighted by molar-refractivity contribution is -0.125. The maximum atomic E-state index is 12.9. The monoisotopic (exact) mass is 462 g/mol. The van der Waals surface area contributed by atoms with E-state index in [0.29, 0.717) is 31.1 Å². The Morgan fingerprint density at radius 3 is 2.68 bits per heavy atom. The van der Waals surface area contributed by atoms with Crippen molar-refractivity contribution in [3.63, 3.8) is 0 Å². The summed E-state index contributed by atoms with van der Waals surface area (Å²) in [6.45, 7) is 2.12. The number of rotatable bonds is 8. The van der Waals surface area contributed by atoms with Crippen molar-refractivity contribution in [2.24, 2.45) is 5.92 Å². The Kier molecular flexibility index (Phi) is 7.47. The van der Waals surface area contributed by atoms with Crippen LogP contribution in [0.2, 0.25) is 0 Å². The highest BCUT2D eigenvalue weighted by Gasteiger charge is 2.26. The van der Waals surface area contributed by atoms with Gasteiger partial charge in [-0.3, -0.25) is 9.59 Å². The van der Waals surface area contributed by atoms with E-state index in [2.05, 4.69) is 15.3 Å². The molecule has 0 saturated carbocycles. The lowest BCUT2D eigenvalue weighted by Crippen LogP contribution is -2.43. The van der Waals surface area contributed by atoms with Crippen molar-refractivity contribution in [3.05, 3.63) is 82.3 Å². The fraction of sp³-hybridized carbons (Fsp3) is 0.346. The summed E-state index contributed by atoms with van der Waals surface area (Å²) in [6.07, 6.45) is 3.38. The van der Waals surface area contributed by atoms with Crippen LogP contribution in [-0.4, -0.2) is 43.0 Å². The smallest absolute Gasteiger partial charge is 0.269 e. The van der Waals surface area contributed by atoms with Gasteiger partial charge in [0, 0.05) is 31.3 Å². The van der Waals surface area contributed by atoms with Gasteiger partial charge in [-0.2, -0.15) is 5.10 Å². The van der Waals surface area contributed by atoms with Crippen LogP contribution in [0.1, 0.15) is 24.0 Å². The van der Waals surface area contributed by atoms with Crippen LogP contribution in [0.5, 0.6) is 11.5 Å². The fourth-order valence-electron chi connectivity index (χ4n) is 4.24. The van der Waals surface area contributed by atoms with E-state index in [9.17, 15) is 9.59 Å². The number of hydrogen-bond acceptors (Lipinski definition) is 6.